The lowest BCUT2D eigenvalue weighted by molar-refractivity contribution is -0.128. The average Bonchev–Trinajstić information content (AvgIpc) is 3.10. The Morgan fingerprint density at radius 1 is 1.21 bits per heavy atom. The molecule has 0 saturated carbocycles. The third kappa shape index (κ3) is 2.87. The number of hydrogen-bond donors (Lipinski definition) is 2. The zero-order valence-corrected chi connectivity index (χ0v) is 16.1. The van der Waals surface area contributed by atoms with Crippen LogP contribution in [0.3, 0.4) is 0 Å². The lowest BCUT2D eigenvalue weighted by Gasteiger charge is -2.44. The van der Waals surface area contributed by atoms with Gasteiger partial charge in [0.1, 0.15) is 17.1 Å². The summed E-state index contributed by atoms with van der Waals surface area (Å²) in [6.07, 6.45) is 3.83. The van der Waals surface area contributed by atoms with E-state index < -0.39 is 5.91 Å². The summed E-state index contributed by atoms with van der Waals surface area (Å²) in [5.41, 5.74) is 8.60. The zero-order chi connectivity index (χ0) is 19.9. The number of carbonyl (C=O) groups excluding carboxylic acids is 2. The van der Waals surface area contributed by atoms with Crippen LogP contribution in [-0.4, -0.2) is 46.1 Å². The van der Waals surface area contributed by atoms with Crippen LogP contribution in [0, 0.1) is 6.92 Å². The summed E-state index contributed by atoms with van der Waals surface area (Å²) >= 11 is 0. The van der Waals surface area contributed by atoms with Gasteiger partial charge in [0.05, 0.1) is 5.54 Å². The lowest BCUT2D eigenvalue weighted by Crippen LogP contribution is -2.51. The molecular formula is C21H25N5O2. The van der Waals surface area contributed by atoms with E-state index in [9.17, 15) is 9.59 Å². The number of primary amides is 1. The molecule has 2 aliphatic rings. The number of anilines is 1. The second-order valence-corrected chi connectivity index (χ2v) is 7.64. The van der Waals surface area contributed by atoms with E-state index in [4.69, 9.17) is 10.8 Å². The summed E-state index contributed by atoms with van der Waals surface area (Å²) in [5.74, 6) is 0.168. The van der Waals surface area contributed by atoms with Crippen molar-refractivity contribution in [3.05, 3.63) is 48.0 Å². The molecule has 1 aromatic heterocycles. The third-order valence-electron chi connectivity index (χ3n) is 5.97. The summed E-state index contributed by atoms with van der Waals surface area (Å²) in [5, 5.41) is 8.20. The van der Waals surface area contributed by atoms with Gasteiger partial charge in [-0.15, -0.1) is 0 Å². The molecule has 1 fully saturated rings. The van der Waals surface area contributed by atoms with E-state index in [2.05, 4.69) is 11.9 Å². The maximum absolute atomic E-state index is 12.3. The van der Waals surface area contributed by atoms with Gasteiger partial charge in [0, 0.05) is 25.2 Å². The van der Waals surface area contributed by atoms with Gasteiger partial charge >= 0.3 is 0 Å². The number of likely N-dealkylation sites (tertiary alicyclic amines) is 1. The number of piperidine rings is 1. The molecule has 4 rings (SSSR count). The maximum atomic E-state index is 12.3. The molecule has 1 aromatic carbocycles. The number of rotatable bonds is 3. The second-order valence-electron chi connectivity index (χ2n) is 7.64. The van der Waals surface area contributed by atoms with Crippen molar-refractivity contribution in [2.45, 2.75) is 31.7 Å². The first-order valence-corrected chi connectivity index (χ1v) is 9.61. The molecule has 2 amide bonds. The Labute approximate surface area is 164 Å². The molecule has 146 valence electrons. The molecule has 1 spiro atoms. The number of nitrogens with two attached hydrogens (primary N) is 1. The van der Waals surface area contributed by atoms with E-state index in [0.29, 0.717) is 30.2 Å². The molecule has 3 heterocycles. The molecule has 3 N–H and O–H groups in total. The van der Waals surface area contributed by atoms with E-state index in [1.807, 2.05) is 40.8 Å². The van der Waals surface area contributed by atoms with E-state index in [1.165, 1.54) is 6.08 Å². The smallest absolute Gasteiger partial charge is 0.254 e. The Morgan fingerprint density at radius 3 is 2.50 bits per heavy atom. The van der Waals surface area contributed by atoms with Crippen LogP contribution < -0.4 is 11.1 Å². The minimum absolute atomic E-state index is 0.0392. The summed E-state index contributed by atoms with van der Waals surface area (Å²) in [7, 11) is 0. The van der Waals surface area contributed by atoms with Gasteiger partial charge in [-0.05, 0) is 32.3 Å². The fourth-order valence-corrected chi connectivity index (χ4v) is 4.33. The highest BCUT2D eigenvalue weighted by atomic mass is 16.2. The van der Waals surface area contributed by atoms with Gasteiger partial charge in [-0.25, -0.2) is 4.68 Å². The quantitative estimate of drug-likeness (QED) is 0.800. The van der Waals surface area contributed by atoms with Crippen LogP contribution in [0.25, 0.3) is 11.3 Å². The molecular weight excluding hydrogens is 354 g/mol. The van der Waals surface area contributed by atoms with Crippen molar-refractivity contribution < 1.29 is 9.59 Å². The van der Waals surface area contributed by atoms with Crippen LogP contribution in [0.4, 0.5) is 5.82 Å². The first-order chi connectivity index (χ1) is 13.4. The van der Waals surface area contributed by atoms with Crippen molar-refractivity contribution in [3.8, 4) is 11.3 Å². The number of nitrogens with zero attached hydrogens (tertiary/aromatic N) is 3. The van der Waals surface area contributed by atoms with Crippen molar-refractivity contribution in [1.29, 1.82) is 0 Å². The average molecular weight is 379 g/mol. The van der Waals surface area contributed by atoms with Gasteiger partial charge in [0.2, 0.25) is 5.91 Å². The van der Waals surface area contributed by atoms with Gasteiger partial charge in [-0.1, -0.05) is 36.4 Å². The van der Waals surface area contributed by atoms with E-state index in [-0.39, 0.29) is 11.4 Å². The summed E-state index contributed by atoms with van der Waals surface area (Å²) in [4.78, 5) is 26.1. The number of benzene rings is 1. The first-order valence-electron chi connectivity index (χ1n) is 9.61. The first kappa shape index (κ1) is 18.3. The molecule has 0 atom stereocenters. The predicted molar refractivity (Wildman–Crippen MR) is 108 cm³/mol. The Kier molecular flexibility index (Phi) is 4.45. The Bertz CT molecular complexity index is 936. The molecule has 0 unspecified atom stereocenters. The van der Waals surface area contributed by atoms with Gasteiger partial charge in [-0.3, -0.25) is 9.59 Å². The fourth-order valence-electron chi connectivity index (χ4n) is 4.33. The highest BCUT2D eigenvalue weighted by molar-refractivity contribution is 6.04. The van der Waals surface area contributed by atoms with Crippen molar-refractivity contribution in [2.75, 3.05) is 25.0 Å². The predicted octanol–water partition coefficient (Wildman–Crippen LogP) is 2.28. The molecule has 7 nitrogen and oxygen atoms in total. The molecule has 0 bridgehead atoms. The van der Waals surface area contributed by atoms with Crippen LogP contribution >= 0.6 is 0 Å². The monoisotopic (exact) mass is 379 g/mol. The number of aromatic nitrogens is 2. The SMILES string of the molecule is C=CC(=O)N1CCC2(CCNc3c(C(N)=O)c(-c4ccc(C)cc4)nn32)CC1. The minimum Gasteiger partial charge on any atom is -0.369 e. The number of nitrogens with one attached hydrogen (secondary N) is 1. The van der Waals surface area contributed by atoms with Crippen molar-refractivity contribution in [1.82, 2.24) is 14.7 Å². The van der Waals surface area contributed by atoms with Crippen LogP contribution in [0.2, 0.25) is 0 Å². The van der Waals surface area contributed by atoms with Gasteiger partial charge in [0.15, 0.2) is 0 Å². The van der Waals surface area contributed by atoms with Crippen molar-refractivity contribution >= 4 is 17.6 Å². The highest BCUT2D eigenvalue weighted by Crippen LogP contribution is 2.42. The molecule has 1 saturated heterocycles. The summed E-state index contributed by atoms with van der Waals surface area (Å²) in [6, 6.07) is 7.93. The summed E-state index contributed by atoms with van der Waals surface area (Å²) < 4.78 is 1.96. The van der Waals surface area contributed by atoms with Crippen molar-refractivity contribution in [2.24, 2.45) is 5.73 Å². The van der Waals surface area contributed by atoms with Crippen molar-refractivity contribution in [3.63, 3.8) is 0 Å². The highest BCUT2D eigenvalue weighted by Gasteiger charge is 2.43. The van der Waals surface area contributed by atoms with Gasteiger partial charge in [-0.2, -0.15) is 5.10 Å². The van der Waals surface area contributed by atoms with Crippen LogP contribution in [-0.2, 0) is 10.3 Å². The second kappa shape index (κ2) is 6.82. The largest absolute Gasteiger partial charge is 0.369 e. The Balaban J connectivity index is 1.77. The maximum Gasteiger partial charge on any atom is 0.254 e. The molecule has 2 aromatic rings. The lowest BCUT2D eigenvalue weighted by atomic mass is 9.83. The number of hydrogen-bond acceptors (Lipinski definition) is 4. The Hall–Kier alpha value is -3.09. The minimum atomic E-state index is -0.486. The molecule has 0 radical (unpaired) electrons. The van der Waals surface area contributed by atoms with Gasteiger partial charge in [0.25, 0.3) is 5.91 Å². The zero-order valence-electron chi connectivity index (χ0n) is 16.1. The number of fused-ring (bicyclic) bond motifs is 2. The molecule has 28 heavy (non-hydrogen) atoms. The van der Waals surface area contributed by atoms with E-state index >= 15 is 0 Å². The normalized spacial score (nSPS) is 17.7. The Morgan fingerprint density at radius 2 is 1.89 bits per heavy atom. The van der Waals surface area contributed by atoms with E-state index in [1.54, 1.807) is 0 Å². The molecule has 2 aliphatic heterocycles. The molecule has 0 aliphatic carbocycles. The van der Waals surface area contributed by atoms with Crippen LogP contribution in [0.1, 0.15) is 35.2 Å². The fraction of sp³-hybridized carbons (Fsp3) is 0.381. The molecule has 7 heteroatoms. The van der Waals surface area contributed by atoms with E-state index in [0.717, 1.165) is 36.9 Å². The number of carbonyl (C=O) groups is 2. The number of amides is 2. The number of aryl methyl sites for hydroxylation is 1. The standard InChI is InChI=1S/C21H25N5O2/c1-3-16(27)25-12-9-21(10-13-25)8-11-23-20-17(19(22)28)18(24-26(20)21)15-6-4-14(2)5-7-15/h3-7,23H,1,8-13H2,2H3,(H2,22,28). The van der Waals surface area contributed by atoms with Crippen LogP contribution in [0.5, 0.6) is 0 Å². The van der Waals surface area contributed by atoms with Crippen LogP contribution in [0.15, 0.2) is 36.9 Å². The topological polar surface area (TPSA) is 93.2 Å². The third-order valence-corrected chi connectivity index (χ3v) is 5.97. The van der Waals surface area contributed by atoms with Gasteiger partial charge < -0.3 is 16.0 Å². The summed E-state index contributed by atoms with van der Waals surface area (Å²) in [6.45, 7) is 7.64.